The maximum absolute atomic E-state index is 5.34. The van der Waals surface area contributed by atoms with Crippen molar-refractivity contribution in [2.45, 2.75) is 13.8 Å². The Kier molecular flexibility index (Phi) is 1.49. The third-order valence-corrected chi connectivity index (χ3v) is 1.61. The number of fused-ring (bicyclic) bond motifs is 1. The Hall–Kier alpha value is -1.52. The van der Waals surface area contributed by atoms with E-state index in [0.717, 1.165) is 11.5 Å². The standard InChI is InChI=1S/C7H10N4O/c1-3-12-11-6(2)9-10-5-8-4-7(10)11/h4-5H,3H2,1-2H3. The Morgan fingerprint density at radius 2 is 2.42 bits per heavy atom. The summed E-state index contributed by atoms with van der Waals surface area (Å²) in [6.07, 6.45) is 3.37. The lowest BCUT2D eigenvalue weighted by molar-refractivity contribution is 0.125. The molecule has 64 valence electrons. The van der Waals surface area contributed by atoms with Crippen LogP contribution in [0.25, 0.3) is 5.65 Å². The molecule has 0 amide bonds. The number of aromatic nitrogens is 4. The fourth-order valence-corrected chi connectivity index (χ4v) is 1.15. The van der Waals surface area contributed by atoms with Crippen LogP contribution in [0.4, 0.5) is 0 Å². The molecular formula is C7H10N4O. The zero-order valence-corrected chi connectivity index (χ0v) is 7.06. The van der Waals surface area contributed by atoms with Gasteiger partial charge >= 0.3 is 0 Å². The highest BCUT2D eigenvalue weighted by Gasteiger charge is 2.06. The summed E-state index contributed by atoms with van der Waals surface area (Å²) >= 11 is 0. The van der Waals surface area contributed by atoms with Gasteiger partial charge in [0.1, 0.15) is 12.9 Å². The van der Waals surface area contributed by atoms with Crippen LogP contribution in [0.2, 0.25) is 0 Å². The summed E-state index contributed by atoms with van der Waals surface area (Å²) in [7, 11) is 0. The van der Waals surface area contributed by atoms with Crippen LogP contribution in [0.15, 0.2) is 12.5 Å². The fourth-order valence-electron chi connectivity index (χ4n) is 1.15. The summed E-state index contributed by atoms with van der Waals surface area (Å²) in [6, 6.07) is 0. The summed E-state index contributed by atoms with van der Waals surface area (Å²) in [5, 5.41) is 4.18. The highest BCUT2D eigenvalue weighted by Crippen LogP contribution is 2.03. The van der Waals surface area contributed by atoms with Crippen LogP contribution in [0.1, 0.15) is 12.7 Å². The monoisotopic (exact) mass is 166 g/mol. The van der Waals surface area contributed by atoms with Gasteiger partial charge in [0.05, 0.1) is 6.20 Å². The molecule has 0 spiro atoms. The lowest BCUT2D eigenvalue weighted by atomic mass is 10.7. The molecule has 0 aliphatic rings. The van der Waals surface area contributed by atoms with Crippen molar-refractivity contribution < 1.29 is 4.84 Å². The molecule has 0 radical (unpaired) electrons. The van der Waals surface area contributed by atoms with Crippen molar-refractivity contribution >= 4 is 5.65 Å². The summed E-state index contributed by atoms with van der Waals surface area (Å²) in [6.45, 7) is 4.45. The second-order valence-corrected chi connectivity index (χ2v) is 2.46. The Bertz CT molecular complexity index is 389. The average molecular weight is 166 g/mol. The minimum atomic E-state index is 0.623. The number of imidazole rings is 1. The number of nitrogens with zero attached hydrogens (tertiary/aromatic N) is 4. The highest BCUT2D eigenvalue weighted by atomic mass is 16.7. The maximum Gasteiger partial charge on any atom is 0.191 e. The van der Waals surface area contributed by atoms with E-state index >= 15 is 0 Å². The van der Waals surface area contributed by atoms with Gasteiger partial charge < -0.3 is 4.84 Å². The van der Waals surface area contributed by atoms with Gasteiger partial charge in [-0.15, -0.1) is 9.83 Å². The van der Waals surface area contributed by atoms with Crippen molar-refractivity contribution in [2.75, 3.05) is 6.61 Å². The third kappa shape index (κ3) is 0.861. The van der Waals surface area contributed by atoms with Gasteiger partial charge in [0.15, 0.2) is 11.5 Å². The van der Waals surface area contributed by atoms with E-state index in [9.17, 15) is 0 Å². The second kappa shape index (κ2) is 2.51. The predicted molar refractivity (Wildman–Crippen MR) is 42.8 cm³/mol. The smallest absolute Gasteiger partial charge is 0.191 e. The van der Waals surface area contributed by atoms with Crippen molar-refractivity contribution in [3.05, 3.63) is 18.3 Å². The van der Waals surface area contributed by atoms with Gasteiger partial charge in [-0.25, -0.2) is 4.98 Å². The average Bonchev–Trinajstić information content (AvgIpc) is 2.56. The van der Waals surface area contributed by atoms with Crippen molar-refractivity contribution in [3.63, 3.8) is 0 Å². The molecule has 2 rings (SSSR count). The third-order valence-electron chi connectivity index (χ3n) is 1.61. The topological polar surface area (TPSA) is 44.4 Å². The number of aryl methyl sites for hydroxylation is 1. The van der Waals surface area contributed by atoms with Crippen LogP contribution in [0.5, 0.6) is 0 Å². The maximum atomic E-state index is 5.34. The van der Waals surface area contributed by atoms with E-state index in [4.69, 9.17) is 4.84 Å². The van der Waals surface area contributed by atoms with Gasteiger partial charge in [0.2, 0.25) is 0 Å². The molecule has 2 aromatic rings. The van der Waals surface area contributed by atoms with Gasteiger partial charge in [0, 0.05) is 0 Å². The van der Waals surface area contributed by atoms with Crippen LogP contribution < -0.4 is 4.84 Å². The van der Waals surface area contributed by atoms with E-state index in [1.54, 1.807) is 21.8 Å². The largest absolute Gasteiger partial charge is 0.411 e. The molecule has 2 aromatic heterocycles. The molecule has 12 heavy (non-hydrogen) atoms. The Labute approximate surface area is 69.5 Å². The van der Waals surface area contributed by atoms with Crippen molar-refractivity contribution in [1.29, 1.82) is 0 Å². The quantitative estimate of drug-likeness (QED) is 0.644. The molecule has 0 aromatic carbocycles. The Morgan fingerprint density at radius 3 is 3.17 bits per heavy atom. The Balaban J connectivity index is 2.59. The zero-order chi connectivity index (χ0) is 8.55. The van der Waals surface area contributed by atoms with Gasteiger partial charge in [-0.1, -0.05) is 0 Å². The molecule has 0 aliphatic heterocycles. The molecule has 0 aliphatic carbocycles. The molecule has 0 fully saturated rings. The summed E-state index contributed by atoms with van der Waals surface area (Å²) < 4.78 is 3.36. The van der Waals surface area contributed by atoms with Gasteiger partial charge in [-0.3, -0.25) is 0 Å². The fraction of sp³-hybridized carbons (Fsp3) is 0.429. The predicted octanol–water partition coefficient (Wildman–Crippen LogP) is 0.288. The first kappa shape index (κ1) is 7.15. The summed E-state index contributed by atoms with van der Waals surface area (Å²) in [4.78, 5) is 9.29. The van der Waals surface area contributed by atoms with Crippen molar-refractivity contribution in [2.24, 2.45) is 0 Å². The molecule has 0 bridgehead atoms. The lowest BCUT2D eigenvalue weighted by Crippen LogP contribution is -2.11. The minimum Gasteiger partial charge on any atom is -0.411 e. The van der Waals surface area contributed by atoms with Crippen LogP contribution in [-0.4, -0.2) is 25.9 Å². The van der Waals surface area contributed by atoms with E-state index in [0.29, 0.717) is 6.61 Å². The summed E-state index contributed by atoms with van der Waals surface area (Å²) in [5.41, 5.74) is 0.856. The SMILES string of the molecule is CCOn1c(C)nn2cncc12. The number of hydrogen-bond acceptors (Lipinski definition) is 3. The first-order valence-corrected chi connectivity index (χ1v) is 3.84. The lowest BCUT2D eigenvalue weighted by Gasteiger charge is -2.03. The first-order chi connectivity index (χ1) is 5.83. The van der Waals surface area contributed by atoms with E-state index < -0.39 is 0 Å². The highest BCUT2D eigenvalue weighted by molar-refractivity contribution is 5.34. The number of hydrogen-bond donors (Lipinski definition) is 0. The molecule has 2 heterocycles. The van der Waals surface area contributed by atoms with E-state index in [1.807, 2.05) is 13.8 Å². The molecule has 0 unspecified atom stereocenters. The van der Waals surface area contributed by atoms with E-state index in [-0.39, 0.29) is 0 Å². The summed E-state index contributed by atoms with van der Waals surface area (Å²) in [5.74, 6) is 0.828. The van der Waals surface area contributed by atoms with Crippen LogP contribution in [0, 0.1) is 6.92 Å². The minimum absolute atomic E-state index is 0.623. The van der Waals surface area contributed by atoms with Crippen molar-refractivity contribution in [1.82, 2.24) is 19.3 Å². The normalized spacial score (nSPS) is 10.8. The molecule has 0 atom stereocenters. The molecule has 0 saturated heterocycles. The first-order valence-electron chi connectivity index (χ1n) is 3.84. The Morgan fingerprint density at radius 1 is 1.58 bits per heavy atom. The van der Waals surface area contributed by atoms with E-state index in [2.05, 4.69) is 10.1 Å². The zero-order valence-electron chi connectivity index (χ0n) is 7.06. The van der Waals surface area contributed by atoms with Gasteiger partial charge in [-0.05, 0) is 13.8 Å². The molecule has 0 N–H and O–H groups in total. The van der Waals surface area contributed by atoms with Crippen molar-refractivity contribution in [3.8, 4) is 0 Å². The van der Waals surface area contributed by atoms with E-state index in [1.165, 1.54) is 0 Å². The molecule has 5 heteroatoms. The van der Waals surface area contributed by atoms with Gasteiger partial charge in [0.25, 0.3) is 0 Å². The van der Waals surface area contributed by atoms with Crippen LogP contribution in [-0.2, 0) is 0 Å². The molecule has 0 saturated carbocycles. The van der Waals surface area contributed by atoms with Crippen LogP contribution >= 0.6 is 0 Å². The molecule has 5 nitrogen and oxygen atoms in total. The van der Waals surface area contributed by atoms with Crippen LogP contribution in [0.3, 0.4) is 0 Å². The molecular weight excluding hydrogens is 156 g/mol. The number of rotatable bonds is 2. The second-order valence-electron chi connectivity index (χ2n) is 2.46. The van der Waals surface area contributed by atoms with Gasteiger partial charge in [-0.2, -0.15) is 4.52 Å².